The van der Waals surface area contributed by atoms with E-state index in [1.54, 1.807) is 11.1 Å². The summed E-state index contributed by atoms with van der Waals surface area (Å²) >= 11 is 3.63. The number of hydrogen-bond donors (Lipinski definition) is 0. The van der Waals surface area contributed by atoms with Gasteiger partial charge in [0.1, 0.15) is 0 Å². The smallest absolute Gasteiger partial charge is 0.00377 e. The van der Waals surface area contributed by atoms with Crippen LogP contribution < -0.4 is 0 Å². The normalized spacial score (nSPS) is 29.8. The zero-order valence-electron chi connectivity index (χ0n) is 7.33. The second-order valence-electron chi connectivity index (χ2n) is 3.99. The molecule has 13 heavy (non-hydrogen) atoms. The molecule has 0 fully saturated rings. The molecule has 0 nitrogen and oxygen atoms in total. The van der Waals surface area contributed by atoms with Crippen molar-refractivity contribution in [2.24, 2.45) is 0 Å². The van der Waals surface area contributed by atoms with Crippen LogP contribution in [0.25, 0.3) is 0 Å². The summed E-state index contributed by atoms with van der Waals surface area (Å²) in [6.45, 7) is 0. The highest BCUT2D eigenvalue weighted by Gasteiger charge is 2.32. The van der Waals surface area contributed by atoms with E-state index in [0.29, 0.717) is 5.92 Å². The van der Waals surface area contributed by atoms with Crippen molar-refractivity contribution in [3.63, 3.8) is 0 Å². The van der Waals surface area contributed by atoms with Gasteiger partial charge in [-0.05, 0) is 34.4 Å². The van der Waals surface area contributed by atoms with Crippen molar-refractivity contribution in [3.05, 3.63) is 46.0 Å². The van der Waals surface area contributed by atoms with Gasteiger partial charge in [0.25, 0.3) is 0 Å². The van der Waals surface area contributed by atoms with Crippen LogP contribution in [0.5, 0.6) is 0 Å². The number of benzene rings is 1. The molecule has 0 spiro atoms. The van der Waals surface area contributed by atoms with E-state index in [9.17, 15) is 0 Å². The lowest BCUT2D eigenvalue weighted by atomic mass is 9.93. The maximum Gasteiger partial charge on any atom is 0.00377 e. The molecule has 2 unspecified atom stereocenters. The van der Waals surface area contributed by atoms with Gasteiger partial charge in [-0.2, -0.15) is 0 Å². The van der Waals surface area contributed by atoms with Crippen LogP contribution >= 0.6 is 15.9 Å². The molecule has 1 heteroatoms. The average molecular weight is 235 g/mol. The Labute approximate surface area is 86.8 Å². The lowest BCUT2D eigenvalue weighted by molar-refractivity contribution is 0.622. The van der Waals surface area contributed by atoms with Crippen molar-refractivity contribution >= 4 is 15.9 Å². The molecular formula is C12H11Br. The standard InChI is InChI=1S/C12H11Br/c13-10-6-8-5-9(7-10)12-4-2-1-3-11(8)12/h1-4,6,8-9H,5,7H2. The molecular weight excluding hydrogens is 224 g/mol. The molecule has 2 bridgehead atoms. The van der Waals surface area contributed by atoms with Gasteiger partial charge >= 0.3 is 0 Å². The summed E-state index contributed by atoms with van der Waals surface area (Å²) in [5, 5.41) is 0. The first-order valence-electron chi connectivity index (χ1n) is 4.79. The Kier molecular flexibility index (Phi) is 1.63. The van der Waals surface area contributed by atoms with Crippen LogP contribution in [0.1, 0.15) is 35.8 Å². The minimum Gasteiger partial charge on any atom is -0.0668 e. The highest BCUT2D eigenvalue weighted by atomic mass is 79.9. The summed E-state index contributed by atoms with van der Waals surface area (Å²) in [6.07, 6.45) is 4.91. The fourth-order valence-corrected chi connectivity index (χ4v) is 3.36. The molecule has 0 N–H and O–H groups in total. The summed E-state index contributed by atoms with van der Waals surface area (Å²) in [5.41, 5.74) is 3.14. The van der Waals surface area contributed by atoms with E-state index >= 15 is 0 Å². The van der Waals surface area contributed by atoms with E-state index in [1.807, 2.05) is 0 Å². The number of fused-ring (bicyclic) bond motifs is 5. The third-order valence-corrected chi connectivity index (χ3v) is 3.79. The lowest BCUT2D eigenvalue weighted by Crippen LogP contribution is -1.98. The van der Waals surface area contributed by atoms with Crippen LogP contribution in [0.15, 0.2) is 34.8 Å². The van der Waals surface area contributed by atoms with E-state index in [0.717, 1.165) is 5.92 Å². The van der Waals surface area contributed by atoms with E-state index in [4.69, 9.17) is 0 Å². The topological polar surface area (TPSA) is 0 Å². The zero-order chi connectivity index (χ0) is 8.84. The molecule has 0 aromatic heterocycles. The van der Waals surface area contributed by atoms with Gasteiger partial charge in [-0.1, -0.05) is 46.3 Å². The Morgan fingerprint density at radius 3 is 2.77 bits per heavy atom. The van der Waals surface area contributed by atoms with Gasteiger partial charge in [0.15, 0.2) is 0 Å². The van der Waals surface area contributed by atoms with Gasteiger partial charge in [-0.3, -0.25) is 0 Å². The van der Waals surface area contributed by atoms with Gasteiger partial charge < -0.3 is 0 Å². The third kappa shape index (κ3) is 1.10. The fourth-order valence-electron chi connectivity index (χ4n) is 2.65. The zero-order valence-corrected chi connectivity index (χ0v) is 8.92. The van der Waals surface area contributed by atoms with E-state index in [-0.39, 0.29) is 0 Å². The molecule has 0 saturated carbocycles. The maximum absolute atomic E-state index is 3.63. The van der Waals surface area contributed by atoms with Crippen LogP contribution in [-0.4, -0.2) is 0 Å². The maximum atomic E-state index is 3.63. The molecule has 1 aromatic carbocycles. The van der Waals surface area contributed by atoms with Gasteiger partial charge in [0.2, 0.25) is 0 Å². The summed E-state index contributed by atoms with van der Waals surface area (Å²) in [6, 6.07) is 8.89. The Bertz CT molecular complexity index is 378. The monoisotopic (exact) mass is 234 g/mol. The Balaban J connectivity index is 2.17. The number of rotatable bonds is 0. The van der Waals surface area contributed by atoms with E-state index in [1.165, 1.54) is 17.3 Å². The molecule has 0 amide bonds. The minimum atomic E-state index is 0.685. The van der Waals surface area contributed by atoms with Crippen molar-refractivity contribution in [1.82, 2.24) is 0 Å². The first-order valence-corrected chi connectivity index (χ1v) is 5.59. The van der Waals surface area contributed by atoms with Crippen molar-refractivity contribution < 1.29 is 0 Å². The summed E-state index contributed by atoms with van der Waals surface area (Å²) in [7, 11) is 0. The number of halogens is 1. The average Bonchev–Trinajstić information content (AvgIpc) is 2.41. The first-order chi connectivity index (χ1) is 6.34. The second-order valence-corrected chi connectivity index (χ2v) is 5.00. The van der Waals surface area contributed by atoms with Crippen molar-refractivity contribution in [3.8, 4) is 0 Å². The van der Waals surface area contributed by atoms with Crippen LogP contribution in [0.4, 0.5) is 0 Å². The van der Waals surface area contributed by atoms with Gasteiger partial charge in [-0.15, -0.1) is 0 Å². The quantitative estimate of drug-likeness (QED) is 0.638. The van der Waals surface area contributed by atoms with Crippen molar-refractivity contribution in [1.29, 1.82) is 0 Å². The summed E-state index contributed by atoms with van der Waals surface area (Å²) in [4.78, 5) is 0. The minimum absolute atomic E-state index is 0.685. The molecule has 0 heterocycles. The lowest BCUT2D eigenvalue weighted by Gasteiger charge is -2.15. The Morgan fingerprint density at radius 1 is 1.15 bits per heavy atom. The van der Waals surface area contributed by atoms with Crippen molar-refractivity contribution in [2.45, 2.75) is 24.7 Å². The molecule has 2 aliphatic rings. The summed E-state index contributed by atoms with van der Waals surface area (Å²) < 4.78 is 1.39. The number of allylic oxidation sites excluding steroid dienone is 2. The summed E-state index contributed by atoms with van der Waals surface area (Å²) in [5.74, 6) is 1.46. The van der Waals surface area contributed by atoms with Crippen LogP contribution in [-0.2, 0) is 0 Å². The largest absolute Gasteiger partial charge is 0.0668 e. The molecule has 0 saturated heterocycles. The van der Waals surface area contributed by atoms with Crippen molar-refractivity contribution in [2.75, 3.05) is 0 Å². The molecule has 2 aliphatic carbocycles. The highest BCUT2D eigenvalue weighted by molar-refractivity contribution is 9.11. The predicted octanol–water partition coefficient (Wildman–Crippen LogP) is 3.94. The second kappa shape index (κ2) is 2.71. The molecule has 0 aliphatic heterocycles. The number of hydrogen-bond acceptors (Lipinski definition) is 0. The van der Waals surface area contributed by atoms with Crippen LogP contribution in [0.3, 0.4) is 0 Å². The molecule has 66 valence electrons. The van der Waals surface area contributed by atoms with Crippen LogP contribution in [0.2, 0.25) is 0 Å². The fraction of sp³-hybridized carbons (Fsp3) is 0.333. The Hall–Kier alpha value is -0.560. The predicted molar refractivity (Wildman–Crippen MR) is 58.2 cm³/mol. The van der Waals surface area contributed by atoms with Crippen LogP contribution in [0, 0.1) is 0 Å². The molecule has 3 rings (SSSR count). The SMILES string of the molecule is BrC1=CC2CC(C1)c1ccccc12. The highest BCUT2D eigenvalue weighted by Crippen LogP contribution is 2.50. The molecule has 1 aromatic rings. The third-order valence-electron chi connectivity index (χ3n) is 3.20. The first kappa shape index (κ1) is 7.81. The van der Waals surface area contributed by atoms with E-state index in [2.05, 4.69) is 46.3 Å². The Morgan fingerprint density at radius 2 is 1.92 bits per heavy atom. The molecule has 2 atom stereocenters. The van der Waals surface area contributed by atoms with Gasteiger partial charge in [0.05, 0.1) is 0 Å². The van der Waals surface area contributed by atoms with Gasteiger partial charge in [0, 0.05) is 5.92 Å². The van der Waals surface area contributed by atoms with E-state index < -0.39 is 0 Å². The van der Waals surface area contributed by atoms with Gasteiger partial charge in [-0.25, -0.2) is 0 Å². The molecule has 0 radical (unpaired) electrons.